The van der Waals surface area contributed by atoms with Crippen LogP contribution in [-0.2, 0) is 0 Å². The van der Waals surface area contributed by atoms with Crippen LogP contribution in [0.1, 0.15) is 35.4 Å². The molecule has 0 N–H and O–H groups in total. The van der Waals surface area contributed by atoms with Crippen LogP contribution in [0.4, 0.5) is 5.69 Å². The Morgan fingerprint density at radius 1 is 0.800 bits per heavy atom. The van der Waals surface area contributed by atoms with E-state index in [-0.39, 0.29) is 0 Å². The van der Waals surface area contributed by atoms with Crippen LogP contribution in [-0.4, -0.2) is 14.1 Å². The zero-order valence-electron chi connectivity index (χ0n) is 12.2. The van der Waals surface area contributed by atoms with Crippen LogP contribution >= 0.6 is 0 Å². The van der Waals surface area contributed by atoms with E-state index in [0.29, 0.717) is 0 Å². The first-order chi connectivity index (χ1) is 9.72. The van der Waals surface area contributed by atoms with Crippen LogP contribution < -0.4 is 4.90 Å². The summed E-state index contributed by atoms with van der Waals surface area (Å²) in [4.78, 5) is 2.12. The predicted molar refractivity (Wildman–Crippen MR) is 88.1 cm³/mol. The van der Waals surface area contributed by atoms with Crippen molar-refractivity contribution in [3.05, 3.63) is 65.2 Å². The fourth-order valence-electron chi connectivity index (χ4n) is 2.37. The van der Waals surface area contributed by atoms with Crippen molar-refractivity contribution < 1.29 is 0 Å². The summed E-state index contributed by atoms with van der Waals surface area (Å²) in [5.41, 5.74) is 5.24. The van der Waals surface area contributed by atoms with Gasteiger partial charge in [-0.15, -0.1) is 0 Å². The molecule has 1 nitrogen and oxygen atoms in total. The van der Waals surface area contributed by atoms with E-state index in [1.807, 2.05) is 0 Å². The summed E-state index contributed by atoms with van der Waals surface area (Å²) in [6, 6.07) is 17.6. The summed E-state index contributed by atoms with van der Waals surface area (Å²) < 4.78 is 0. The van der Waals surface area contributed by atoms with Crippen molar-refractivity contribution in [3.63, 3.8) is 0 Å². The van der Waals surface area contributed by atoms with Crippen molar-refractivity contribution in [2.24, 2.45) is 0 Å². The highest BCUT2D eigenvalue weighted by Crippen LogP contribution is 2.39. The zero-order chi connectivity index (χ0) is 13.9. The first kappa shape index (κ1) is 13.0. The van der Waals surface area contributed by atoms with E-state index in [0.717, 1.165) is 5.92 Å². The van der Waals surface area contributed by atoms with E-state index in [4.69, 9.17) is 0 Å². The summed E-state index contributed by atoms with van der Waals surface area (Å²) >= 11 is 0. The maximum atomic E-state index is 2.27. The molecule has 0 unspecified atom stereocenters. The molecule has 1 aliphatic rings. The van der Waals surface area contributed by atoms with E-state index in [9.17, 15) is 0 Å². The number of hydrogen-bond acceptors (Lipinski definition) is 1. The van der Waals surface area contributed by atoms with Gasteiger partial charge in [-0.3, -0.25) is 0 Å². The van der Waals surface area contributed by atoms with E-state index >= 15 is 0 Å². The van der Waals surface area contributed by atoms with Gasteiger partial charge in [-0.25, -0.2) is 0 Å². The molecule has 1 aliphatic carbocycles. The molecule has 0 bridgehead atoms. The summed E-state index contributed by atoms with van der Waals surface area (Å²) in [5, 5.41) is 0. The largest absolute Gasteiger partial charge is 0.378 e. The first-order valence-corrected chi connectivity index (χ1v) is 7.28. The maximum Gasteiger partial charge on any atom is 0.0361 e. The van der Waals surface area contributed by atoms with Gasteiger partial charge in [0.2, 0.25) is 0 Å². The van der Waals surface area contributed by atoms with Gasteiger partial charge in [-0.1, -0.05) is 48.6 Å². The highest BCUT2D eigenvalue weighted by Gasteiger charge is 2.22. The SMILES string of the molecule is CN(C)c1ccc(/C=C/c2ccc(C3CC3)cc2)cc1. The van der Waals surface area contributed by atoms with Crippen LogP contribution in [0.2, 0.25) is 0 Å². The van der Waals surface area contributed by atoms with E-state index < -0.39 is 0 Å². The maximum absolute atomic E-state index is 2.27. The molecule has 0 aliphatic heterocycles. The van der Waals surface area contributed by atoms with E-state index in [1.165, 1.54) is 35.2 Å². The molecule has 102 valence electrons. The molecule has 1 fully saturated rings. The van der Waals surface area contributed by atoms with Crippen molar-refractivity contribution in [2.45, 2.75) is 18.8 Å². The fraction of sp³-hybridized carbons (Fsp3) is 0.263. The van der Waals surface area contributed by atoms with Gasteiger partial charge in [0.25, 0.3) is 0 Å². The quantitative estimate of drug-likeness (QED) is 0.716. The lowest BCUT2D eigenvalue weighted by Gasteiger charge is -2.11. The third-order valence-electron chi connectivity index (χ3n) is 3.86. The summed E-state index contributed by atoms with van der Waals surface area (Å²) in [6.45, 7) is 0. The van der Waals surface area contributed by atoms with Gasteiger partial charge in [0.15, 0.2) is 0 Å². The standard InChI is InChI=1S/C19H21N/c1-20(2)19-13-7-16(8-14-19)4-3-15-5-9-17(10-6-15)18-11-12-18/h3-10,13-14,18H,11-12H2,1-2H3/b4-3+. The molecule has 3 rings (SSSR count). The second-order valence-corrected chi connectivity index (χ2v) is 5.76. The summed E-state index contributed by atoms with van der Waals surface area (Å²) in [5.74, 6) is 0.839. The smallest absolute Gasteiger partial charge is 0.0361 e. The van der Waals surface area contributed by atoms with Crippen LogP contribution in [0.25, 0.3) is 12.2 Å². The topological polar surface area (TPSA) is 3.24 Å². The fourth-order valence-corrected chi connectivity index (χ4v) is 2.37. The Morgan fingerprint density at radius 2 is 1.30 bits per heavy atom. The van der Waals surface area contributed by atoms with Gasteiger partial charge in [-0.2, -0.15) is 0 Å². The molecule has 1 heteroatoms. The lowest BCUT2D eigenvalue weighted by Crippen LogP contribution is -2.07. The van der Waals surface area contributed by atoms with Crippen molar-refractivity contribution in [3.8, 4) is 0 Å². The van der Waals surface area contributed by atoms with Crippen LogP contribution in [0.3, 0.4) is 0 Å². The minimum atomic E-state index is 0.839. The molecule has 0 heterocycles. The highest BCUT2D eigenvalue weighted by atomic mass is 15.1. The first-order valence-electron chi connectivity index (χ1n) is 7.28. The summed E-state index contributed by atoms with van der Waals surface area (Å²) in [7, 11) is 4.12. The Balaban J connectivity index is 1.69. The Hall–Kier alpha value is -2.02. The molecule has 0 radical (unpaired) electrons. The van der Waals surface area contributed by atoms with E-state index in [2.05, 4.69) is 79.7 Å². The van der Waals surface area contributed by atoms with Gasteiger partial charge in [0.1, 0.15) is 0 Å². The van der Waals surface area contributed by atoms with Gasteiger partial charge < -0.3 is 4.90 Å². The molecule has 1 saturated carbocycles. The number of nitrogens with zero attached hydrogens (tertiary/aromatic N) is 1. The van der Waals surface area contributed by atoms with Crippen molar-refractivity contribution >= 4 is 17.8 Å². The minimum absolute atomic E-state index is 0.839. The number of anilines is 1. The van der Waals surface area contributed by atoms with Crippen molar-refractivity contribution in [1.82, 2.24) is 0 Å². The van der Waals surface area contributed by atoms with Crippen LogP contribution in [0.5, 0.6) is 0 Å². The number of rotatable bonds is 4. The number of hydrogen-bond donors (Lipinski definition) is 0. The Morgan fingerprint density at radius 3 is 1.75 bits per heavy atom. The van der Waals surface area contributed by atoms with E-state index in [1.54, 1.807) is 0 Å². The Labute approximate surface area is 121 Å². The van der Waals surface area contributed by atoms with Gasteiger partial charge in [0, 0.05) is 19.8 Å². The predicted octanol–water partition coefficient (Wildman–Crippen LogP) is 4.80. The third kappa shape index (κ3) is 3.11. The van der Waals surface area contributed by atoms with Gasteiger partial charge >= 0.3 is 0 Å². The minimum Gasteiger partial charge on any atom is -0.378 e. The third-order valence-corrected chi connectivity index (χ3v) is 3.86. The molecular weight excluding hydrogens is 242 g/mol. The monoisotopic (exact) mass is 263 g/mol. The van der Waals surface area contributed by atoms with Gasteiger partial charge in [0.05, 0.1) is 0 Å². The second-order valence-electron chi connectivity index (χ2n) is 5.76. The molecule has 0 atom stereocenters. The molecule has 0 spiro atoms. The lowest BCUT2D eigenvalue weighted by molar-refractivity contribution is 1.13. The molecule has 20 heavy (non-hydrogen) atoms. The van der Waals surface area contributed by atoms with Gasteiger partial charge in [-0.05, 0) is 47.6 Å². The highest BCUT2D eigenvalue weighted by molar-refractivity contribution is 5.70. The number of benzene rings is 2. The second kappa shape index (κ2) is 5.54. The lowest BCUT2D eigenvalue weighted by atomic mass is 10.1. The molecule has 0 aromatic heterocycles. The average Bonchev–Trinajstić information content (AvgIpc) is 3.31. The molecule has 0 saturated heterocycles. The van der Waals surface area contributed by atoms with Crippen molar-refractivity contribution in [1.29, 1.82) is 0 Å². The molecule has 2 aromatic carbocycles. The Bertz CT molecular complexity index is 539. The Kier molecular flexibility index (Phi) is 3.60. The molecular formula is C19H21N. The van der Waals surface area contributed by atoms with Crippen LogP contribution in [0, 0.1) is 0 Å². The molecule has 2 aromatic rings. The normalized spacial score (nSPS) is 14.7. The van der Waals surface area contributed by atoms with Crippen molar-refractivity contribution in [2.75, 3.05) is 19.0 Å². The zero-order valence-corrected chi connectivity index (χ0v) is 12.2. The molecule has 0 amide bonds. The summed E-state index contributed by atoms with van der Waals surface area (Å²) in [6.07, 6.45) is 7.09. The average molecular weight is 263 g/mol. The van der Waals surface area contributed by atoms with Crippen LogP contribution in [0.15, 0.2) is 48.5 Å².